The summed E-state index contributed by atoms with van der Waals surface area (Å²) in [5.74, 6) is 0.308. The van der Waals surface area contributed by atoms with Crippen LogP contribution in [0.5, 0.6) is 5.75 Å². The standard InChI is InChI=1S/C12H18BrNO2/c1-3-10(8-16-2)14-7-9-5-4-6-11(13)12(9)15/h4-6,10,14-15H,3,7-8H2,1-2H3. The number of aromatic hydroxyl groups is 1. The maximum Gasteiger partial charge on any atom is 0.134 e. The van der Waals surface area contributed by atoms with Crippen molar-refractivity contribution >= 4 is 15.9 Å². The molecule has 90 valence electrons. The van der Waals surface area contributed by atoms with E-state index in [1.165, 1.54) is 0 Å². The summed E-state index contributed by atoms with van der Waals surface area (Å²) in [4.78, 5) is 0. The van der Waals surface area contributed by atoms with Gasteiger partial charge in [-0.3, -0.25) is 0 Å². The number of hydrogen-bond donors (Lipinski definition) is 2. The number of rotatable bonds is 6. The zero-order valence-electron chi connectivity index (χ0n) is 9.66. The van der Waals surface area contributed by atoms with Crippen molar-refractivity contribution in [3.63, 3.8) is 0 Å². The van der Waals surface area contributed by atoms with Crippen LogP contribution in [0, 0.1) is 0 Å². The first kappa shape index (κ1) is 13.5. The molecule has 0 aromatic heterocycles. The van der Waals surface area contributed by atoms with Gasteiger partial charge in [0.2, 0.25) is 0 Å². The van der Waals surface area contributed by atoms with E-state index >= 15 is 0 Å². The Kier molecular flexibility index (Phi) is 5.80. The zero-order chi connectivity index (χ0) is 12.0. The second-order valence-corrected chi connectivity index (χ2v) is 4.54. The third-order valence-electron chi connectivity index (χ3n) is 2.51. The highest BCUT2D eigenvalue weighted by Crippen LogP contribution is 2.27. The van der Waals surface area contributed by atoms with E-state index in [0.29, 0.717) is 24.9 Å². The number of nitrogens with one attached hydrogen (secondary N) is 1. The predicted octanol–water partition coefficient (Wildman–Crippen LogP) is 2.67. The molecule has 4 heteroatoms. The van der Waals surface area contributed by atoms with Gasteiger partial charge in [-0.1, -0.05) is 19.1 Å². The lowest BCUT2D eigenvalue weighted by Crippen LogP contribution is -2.32. The molecule has 3 nitrogen and oxygen atoms in total. The number of benzene rings is 1. The Morgan fingerprint density at radius 3 is 2.88 bits per heavy atom. The van der Waals surface area contributed by atoms with Gasteiger partial charge >= 0.3 is 0 Å². The quantitative estimate of drug-likeness (QED) is 0.845. The lowest BCUT2D eigenvalue weighted by atomic mass is 10.1. The van der Waals surface area contributed by atoms with Gasteiger partial charge in [0, 0.05) is 25.3 Å². The molecule has 0 aliphatic carbocycles. The first-order valence-corrected chi connectivity index (χ1v) is 6.17. The normalized spacial score (nSPS) is 12.7. The molecule has 1 unspecified atom stereocenters. The molecule has 2 N–H and O–H groups in total. The molecule has 0 heterocycles. The fourth-order valence-electron chi connectivity index (χ4n) is 1.48. The Bertz CT molecular complexity index is 331. The summed E-state index contributed by atoms with van der Waals surface area (Å²) in [6.45, 7) is 3.44. The molecule has 0 bridgehead atoms. The number of methoxy groups -OCH3 is 1. The molecule has 0 saturated carbocycles. The Morgan fingerprint density at radius 2 is 2.25 bits per heavy atom. The summed E-state index contributed by atoms with van der Waals surface area (Å²) in [5, 5.41) is 13.1. The Labute approximate surface area is 105 Å². The average molecular weight is 288 g/mol. The monoisotopic (exact) mass is 287 g/mol. The summed E-state index contributed by atoms with van der Waals surface area (Å²) in [6.07, 6.45) is 1.00. The molecular formula is C12H18BrNO2. The van der Waals surface area contributed by atoms with Gasteiger partial charge in [-0.2, -0.15) is 0 Å². The Balaban J connectivity index is 2.56. The zero-order valence-corrected chi connectivity index (χ0v) is 11.3. The molecule has 1 aromatic rings. The third-order valence-corrected chi connectivity index (χ3v) is 3.15. The molecule has 1 aromatic carbocycles. The average Bonchev–Trinajstić information content (AvgIpc) is 2.29. The number of phenolic OH excluding ortho intramolecular Hbond substituents is 1. The SMILES string of the molecule is CCC(COC)NCc1cccc(Br)c1O. The fraction of sp³-hybridized carbons (Fsp3) is 0.500. The number of hydrogen-bond acceptors (Lipinski definition) is 3. The van der Waals surface area contributed by atoms with Crippen molar-refractivity contribution in [2.75, 3.05) is 13.7 Å². The number of phenols is 1. The second kappa shape index (κ2) is 6.89. The molecule has 0 fully saturated rings. The highest BCUT2D eigenvalue weighted by molar-refractivity contribution is 9.10. The molecule has 0 amide bonds. The minimum Gasteiger partial charge on any atom is -0.506 e. The van der Waals surface area contributed by atoms with Crippen molar-refractivity contribution in [2.24, 2.45) is 0 Å². The van der Waals surface area contributed by atoms with Gasteiger partial charge in [0.15, 0.2) is 0 Å². The first-order chi connectivity index (χ1) is 7.69. The number of para-hydroxylation sites is 1. The van der Waals surface area contributed by atoms with Gasteiger partial charge in [0.25, 0.3) is 0 Å². The van der Waals surface area contributed by atoms with E-state index in [1.54, 1.807) is 7.11 Å². The van der Waals surface area contributed by atoms with Crippen molar-refractivity contribution in [2.45, 2.75) is 25.9 Å². The molecule has 0 aliphatic heterocycles. The van der Waals surface area contributed by atoms with Crippen LogP contribution in [0.2, 0.25) is 0 Å². The van der Waals surface area contributed by atoms with E-state index in [0.717, 1.165) is 16.5 Å². The van der Waals surface area contributed by atoms with Crippen LogP contribution in [0.25, 0.3) is 0 Å². The molecule has 1 rings (SSSR count). The second-order valence-electron chi connectivity index (χ2n) is 3.69. The minimum atomic E-state index is 0.308. The van der Waals surface area contributed by atoms with Crippen LogP contribution in [0.1, 0.15) is 18.9 Å². The smallest absolute Gasteiger partial charge is 0.134 e. The van der Waals surface area contributed by atoms with Crippen LogP contribution in [0.15, 0.2) is 22.7 Å². The lowest BCUT2D eigenvalue weighted by molar-refractivity contribution is 0.163. The van der Waals surface area contributed by atoms with Crippen molar-refractivity contribution in [3.8, 4) is 5.75 Å². The summed E-state index contributed by atoms with van der Waals surface area (Å²) in [6, 6.07) is 5.97. The van der Waals surface area contributed by atoms with Crippen molar-refractivity contribution in [3.05, 3.63) is 28.2 Å². The highest BCUT2D eigenvalue weighted by atomic mass is 79.9. The fourth-order valence-corrected chi connectivity index (χ4v) is 1.89. The first-order valence-electron chi connectivity index (χ1n) is 5.37. The molecule has 0 radical (unpaired) electrons. The topological polar surface area (TPSA) is 41.5 Å². The van der Waals surface area contributed by atoms with Crippen LogP contribution in [-0.4, -0.2) is 24.9 Å². The van der Waals surface area contributed by atoms with Gasteiger partial charge in [-0.25, -0.2) is 0 Å². The van der Waals surface area contributed by atoms with Gasteiger partial charge < -0.3 is 15.2 Å². The number of halogens is 1. The van der Waals surface area contributed by atoms with Crippen LogP contribution >= 0.6 is 15.9 Å². The summed E-state index contributed by atoms with van der Waals surface area (Å²) in [7, 11) is 1.70. The Hall–Kier alpha value is -0.580. The van der Waals surface area contributed by atoms with E-state index in [9.17, 15) is 5.11 Å². The summed E-state index contributed by atoms with van der Waals surface area (Å²) in [5.41, 5.74) is 0.893. The molecular weight excluding hydrogens is 270 g/mol. The van der Waals surface area contributed by atoms with Gasteiger partial charge in [0.1, 0.15) is 5.75 Å². The van der Waals surface area contributed by atoms with E-state index < -0.39 is 0 Å². The van der Waals surface area contributed by atoms with Crippen LogP contribution in [0.3, 0.4) is 0 Å². The number of ether oxygens (including phenoxy) is 1. The van der Waals surface area contributed by atoms with Crippen LogP contribution in [0.4, 0.5) is 0 Å². The molecule has 0 aliphatic rings. The third kappa shape index (κ3) is 3.77. The van der Waals surface area contributed by atoms with E-state index in [-0.39, 0.29) is 0 Å². The summed E-state index contributed by atoms with van der Waals surface area (Å²) >= 11 is 3.30. The van der Waals surface area contributed by atoms with E-state index in [4.69, 9.17) is 4.74 Å². The van der Waals surface area contributed by atoms with Crippen molar-refractivity contribution < 1.29 is 9.84 Å². The van der Waals surface area contributed by atoms with E-state index in [2.05, 4.69) is 28.2 Å². The van der Waals surface area contributed by atoms with Gasteiger partial charge in [0.05, 0.1) is 11.1 Å². The largest absolute Gasteiger partial charge is 0.506 e. The highest BCUT2D eigenvalue weighted by Gasteiger charge is 2.08. The Morgan fingerprint density at radius 1 is 1.50 bits per heavy atom. The van der Waals surface area contributed by atoms with Crippen LogP contribution in [-0.2, 0) is 11.3 Å². The maximum atomic E-state index is 9.79. The van der Waals surface area contributed by atoms with Crippen molar-refractivity contribution in [1.82, 2.24) is 5.32 Å². The predicted molar refractivity (Wildman–Crippen MR) is 68.6 cm³/mol. The molecule has 0 spiro atoms. The van der Waals surface area contributed by atoms with Gasteiger partial charge in [-0.15, -0.1) is 0 Å². The van der Waals surface area contributed by atoms with E-state index in [1.807, 2.05) is 18.2 Å². The minimum absolute atomic E-state index is 0.308. The van der Waals surface area contributed by atoms with Crippen LogP contribution < -0.4 is 5.32 Å². The van der Waals surface area contributed by atoms with Gasteiger partial charge in [-0.05, 0) is 28.4 Å². The molecule has 0 saturated heterocycles. The lowest BCUT2D eigenvalue weighted by Gasteiger charge is -2.16. The molecule has 16 heavy (non-hydrogen) atoms. The summed E-state index contributed by atoms with van der Waals surface area (Å²) < 4.78 is 5.83. The maximum absolute atomic E-state index is 9.79. The molecule has 1 atom stereocenters. The van der Waals surface area contributed by atoms with Crippen molar-refractivity contribution in [1.29, 1.82) is 0 Å².